The minimum Gasteiger partial charge on any atom is -0.468 e. The molecule has 0 aromatic heterocycles. The van der Waals surface area contributed by atoms with Crippen LogP contribution in [0, 0.1) is 5.92 Å². The highest BCUT2D eigenvalue weighted by atomic mass is 16.7. The van der Waals surface area contributed by atoms with Crippen molar-refractivity contribution in [2.75, 3.05) is 27.0 Å². The molecule has 1 saturated heterocycles. The molecule has 2 rings (SSSR count). The van der Waals surface area contributed by atoms with Crippen LogP contribution in [0.15, 0.2) is 30.3 Å². The van der Waals surface area contributed by atoms with E-state index in [1.54, 1.807) is 12.0 Å². The third kappa shape index (κ3) is 6.78. The lowest BCUT2D eigenvalue weighted by molar-refractivity contribution is 0.0197. The maximum Gasteiger partial charge on any atom is 0.410 e. The Balaban J connectivity index is 1.83. The van der Waals surface area contributed by atoms with Crippen LogP contribution in [-0.2, 0) is 9.47 Å². The molecule has 1 aliphatic heterocycles. The Hall–Kier alpha value is -2.01. The zero-order chi connectivity index (χ0) is 18.3. The molecule has 0 spiro atoms. The number of hydrogen-bond acceptors (Lipinski definition) is 4. The molecule has 5 heteroatoms. The molecule has 0 N–H and O–H groups in total. The highest BCUT2D eigenvalue weighted by Crippen LogP contribution is 2.22. The van der Waals surface area contributed by atoms with Crippen LogP contribution in [0.25, 0.3) is 6.08 Å². The van der Waals surface area contributed by atoms with E-state index in [0.717, 1.165) is 37.2 Å². The van der Waals surface area contributed by atoms with Gasteiger partial charge in [-0.05, 0) is 57.2 Å². The second-order valence-electron chi connectivity index (χ2n) is 7.29. The summed E-state index contributed by atoms with van der Waals surface area (Å²) >= 11 is 0. The van der Waals surface area contributed by atoms with E-state index in [2.05, 4.69) is 12.2 Å². The predicted octanol–water partition coefficient (Wildman–Crippen LogP) is 4.33. The highest BCUT2D eigenvalue weighted by molar-refractivity contribution is 5.68. The van der Waals surface area contributed by atoms with Crippen LogP contribution in [-0.4, -0.2) is 43.6 Å². The number of ether oxygens (including phenoxy) is 3. The number of methoxy groups -OCH3 is 1. The van der Waals surface area contributed by atoms with Crippen molar-refractivity contribution in [3.8, 4) is 5.75 Å². The van der Waals surface area contributed by atoms with Crippen molar-refractivity contribution in [3.63, 3.8) is 0 Å². The fourth-order valence-electron chi connectivity index (χ4n) is 2.68. The molecule has 1 aliphatic rings. The number of hydrogen-bond donors (Lipinski definition) is 0. The monoisotopic (exact) mass is 347 g/mol. The van der Waals surface area contributed by atoms with Gasteiger partial charge in [0.1, 0.15) is 11.4 Å². The molecule has 0 aliphatic carbocycles. The predicted molar refractivity (Wildman–Crippen MR) is 98.5 cm³/mol. The third-order valence-electron chi connectivity index (χ3n) is 3.95. The van der Waals surface area contributed by atoms with Crippen molar-refractivity contribution in [2.24, 2.45) is 5.92 Å². The smallest absolute Gasteiger partial charge is 0.410 e. The second kappa shape index (κ2) is 8.90. The number of likely N-dealkylation sites (tertiary alicyclic amines) is 1. The summed E-state index contributed by atoms with van der Waals surface area (Å²) in [4.78, 5) is 13.9. The standard InChI is InChI=1S/C20H29NO4/c1-20(2,3)25-19(22)21-12-10-16(11-13-21)8-9-17-6-5-7-18(14-17)24-15-23-4/h5-9,14,16H,10-13,15H2,1-4H3/b9-8+. The van der Waals surface area contributed by atoms with Crippen LogP contribution in [0.5, 0.6) is 5.75 Å². The molecule has 1 amide bonds. The maximum absolute atomic E-state index is 12.1. The Morgan fingerprint density at radius 1 is 1.28 bits per heavy atom. The minimum atomic E-state index is -0.441. The van der Waals surface area contributed by atoms with Crippen molar-refractivity contribution in [3.05, 3.63) is 35.9 Å². The Labute approximate surface area is 150 Å². The van der Waals surface area contributed by atoms with Gasteiger partial charge in [0.2, 0.25) is 0 Å². The zero-order valence-electron chi connectivity index (χ0n) is 15.7. The molecule has 0 unspecified atom stereocenters. The molecule has 1 aromatic rings. The molecule has 5 nitrogen and oxygen atoms in total. The fraction of sp³-hybridized carbons (Fsp3) is 0.550. The molecule has 1 fully saturated rings. The van der Waals surface area contributed by atoms with Gasteiger partial charge in [0.15, 0.2) is 6.79 Å². The van der Waals surface area contributed by atoms with E-state index in [-0.39, 0.29) is 12.9 Å². The van der Waals surface area contributed by atoms with Crippen LogP contribution < -0.4 is 4.74 Å². The molecule has 0 radical (unpaired) electrons. The molecule has 1 aromatic carbocycles. The summed E-state index contributed by atoms with van der Waals surface area (Å²) in [6.07, 6.45) is 6.04. The van der Waals surface area contributed by atoms with Gasteiger partial charge in [-0.15, -0.1) is 0 Å². The lowest BCUT2D eigenvalue weighted by atomic mass is 9.96. The van der Waals surface area contributed by atoms with E-state index in [1.165, 1.54) is 0 Å². The van der Waals surface area contributed by atoms with Gasteiger partial charge in [-0.3, -0.25) is 0 Å². The van der Waals surface area contributed by atoms with Gasteiger partial charge in [-0.1, -0.05) is 24.3 Å². The van der Waals surface area contributed by atoms with E-state index < -0.39 is 5.60 Å². The van der Waals surface area contributed by atoms with E-state index in [4.69, 9.17) is 14.2 Å². The Morgan fingerprint density at radius 2 is 2.00 bits per heavy atom. The summed E-state index contributed by atoms with van der Waals surface area (Å²) < 4.78 is 15.8. The Kier molecular flexibility index (Phi) is 6.88. The molecular weight excluding hydrogens is 318 g/mol. The summed E-state index contributed by atoms with van der Waals surface area (Å²) in [5.41, 5.74) is 0.659. The van der Waals surface area contributed by atoms with Crippen LogP contribution in [0.3, 0.4) is 0 Å². The van der Waals surface area contributed by atoms with Crippen molar-refractivity contribution in [1.82, 2.24) is 4.90 Å². The van der Waals surface area contributed by atoms with E-state index in [1.807, 2.05) is 45.0 Å². The first-order chi connectivity index (χ1) is 11.9. The topological polar surface area (TPSA) is 48.0 Å². The zero-order valence-corrected chi connectivity index (χ0v) is 15.7. The first-order valence-corrected chi connectivity index (χ1v) is 8.75. The fourth-order valence-corrected chi connectivity index (χ4v) is 2.68. The third-order valence-corrected chi connectivity index (χ3v) is 3.95. The SMILES string of the molecule is COCOc1cccc(/C=C/C2CCN(C(=O)OC(C)(C)C)CC2)c1. The molecule has 0 atom stereocenters. The number of benzene rings is 1. The lowest BCUT2D eigenvalue weighted by Crippen LogP contribution is -2.41. The number of carbonyl (C=O) groups is 1. The van der Waals surface area contributed by atoms with Crippen LogP contribution in [0.1, 0.15) is 39.2 Å². The highest BCUT2D eigenvalue weighted by Gasteiger charge is 2.25. The van der Waals surface area contributed by atoms with Crippen LogP contribution in [0.2, 0.25) is 0 Å². The molecule has 0 saturated carbocycles. The number of nitrogens with zero attached hydrogens (tertiary/aromatic N) is 1. The van der Waals surface area contributed by atoms with E-state index in [9.17, 15) is 4.79 Å². The first kappa shape index (κ1) is 19.3. The number of allylic oxidation sites excluding steroid dienone is 1. The normalized spacial score (nSPS) is 16.2. The average Bonchev–Trinajstić information content (AvgIpc) is 2.57. The lowest BCUT2D eigenvalue weighted by Gasteiger charge is -2.32. The van der Waals surface area contributed by atoms with Gasteiger partial charge in [0, 0.05) is 20.2 Å². The maximum atomic E-state index is 12.1. The van der Waals surface area contributed by atoms with Gasteiger partial charge in [-0.2, -0.15) is 0 Å². The van der Waals surface area contributed by atoms with Gasteiger partial charge in [-0.25, -0.2) is 4.79 Å². The average molecular weight is 347 g/mol. The molecule has 25 heavy (non-hydrogen) atoms. The minimum absolute atomic E-state index is 0.210. The Bertz CT molecular complexity index is 584. The van der Waals surface area contributed by atoms with Gasteiger partial charge >= 0.3 is 6.09 Å². The summed E-state index contributed by atoms with van der Waals surface area (Å²) in [5, 5.41) is 0. The summed E-state index contributed by atoms with van der Waals surface area (Å²) in [6, 6.07) is 7.92. The van der Waals surface area contributed by atoms with Crippen molar-refractivity contribution in [2.45, 2.75) is 39.2 Å². The summed E-state index contributed by atoms with van der Waals surface area (Å²) in [6.45, 7) is 7.40. The number of rotatable bonds is 5. The van der Waals surface area contributed by atoms with E-state index >= 15 is 0 Å². The number of amides is 1. The molecule has 138 valence electrons. The van der Waals surface area contributed by atoms with Gasteiger partial charge in [0.05, 0.1) is 0 Å². The van der Waals surface area contributed by atoms with E-state index in [0.29, 0.717) is 5.92 Å². The summed E-state index contributed by atoms with van der Waals surface area (Å²) in [7, 11) is 1.60. The van der Waals surface area contributed by atoms with Crippen molar-refractivity contribution < 1.29 is 19.0 Å². The molecular formula is C20H29NO4. The number of piperidine rings is 1. The van der Waals surface area contributed by atoms with Crippen molar-refractivity contribution >= 4 is 12.2 Å². The van der Waals surface area contributed by atoms with Gasteiger partial charge < -0.3 is 19.1 Å². The van der Waals surface area contributed by atoms with Gasteiger partial charge in [0.25, 0.3) is 0 Å². The van der Waals surface area contributed by atoms with Crippen molar-refractivity contribution in [1.29, 1.82) is 0 Å². The molecule has 1 heterocycles. The summed E-state index contributed by atoms with van der Waals surface area (Å²) in [5.74, 6) is 1.27. The largest absolute Gasteiger partial charge is 0.468 e. The quantitative estimate of drug-likeness (QED) is 0.744. The van der Waals surface area contributed by atoms with Crippen LogP contribution in [0.4, 0.5) is 4.79 Å². The second-order valence-corrected chi connectivity index (χ2v) is 7.29. The van der Waals surface area contributed by atoms with Crippen LogP contribution >= 0.6 is 0 Å². The number of carbonyl (C=O) groups excluding carboxylic acids is 1. The Morgan fingerprint density at radius 3 is 2.64 bits per heavy atom. The molecule has 0 bridgehead atoms. The first-order valence-electron chi connectivity index (χ1n) is 8.75.